The second-order valence-electron chi connectivity index (χ2n) is 6.67. The Morgan fingerprint density at radius 2 is 1.71 bits per heavy atom. The number of rotatable bonds is 9. The number of carbonyl (C=O) groups is 1. The van der Waals surface area contributed by atoms with E-state index in [1.807, 2.05) is 27.7 Å². The zero-order valence-corrected chi connectivity index (χ0v) is 15.0. The van der Waals surface area contributed by atoms with Crippen LogP contribution in [0.3, 0.4) is 0 Å². The molecule has 0 atom stereocenters. The Balaban J connectivity index is 2.50. The van der Waals surface area contributed by atoms with Crippen molar-refractivity contribution in [2.75, 3.05) is 13.7 Å². The lowest BCUT2D eigenvalue weighted by atomic mass is 9.95. The normalized spacial score (nSPS) is 12.2. The van der Waals surface area contributed by atoms with Gasteiger partial charge in [0.25, 0.3) is 0 Å². The van der Waals surface area contributed by atoms with Gasteiger partial charge in [-0.25, -0.2) is 4.79 Å². The molecular weight excluding hydrogens is 314 g/mol. The quantitative estimate of drug-likeness (QED) is 0.670. The Labute approximate surface area is 142 Å². The van der Waals surface area contributed by atoms with E-state index in [9.17, 15) is 15.0 Å². The Hall–Kier alpha value is -1.99. The molecule has 1 rings (SSSR count). The van der Waals surface area contributed by atoms with Crippen LogP contribution in [0.5, 0.6) is 11.8 Å². The van der Waals surface area contributed by atoms with E-state index in [0.29, 0.717) is 17.8 Å². The molecule has 136 valence electrons. The first-order valence-corrected chi connectivity index (χ1v) is 7.67. The number of hydrogen-bond acceptors (Lipinski definition) is 6. The van der Waals surface area contributed by atoms with Crippen LogP contribution >= 0.6 is 0 Å². The number of hydrogen-bond donors (Lipinski definition) is 2. The average molecular weight is 341 g/mol. The first-order chi connectivity index (χ1) is 11.0. The molecule has 1 aromatic heterocycles. The van der Waals surface area contributed by atoms with Crippen molar-refractivity contribution in [3.8, 4) is 11.8 Å². The number of methoxy groups -OCH3 is 1. The van der Waals surface area contributed by atoms with E-state index in [2.05, 4.69) is 6.58 Å². The topological polar surface area (TPSA) is 90.2 Å². The van der Waals surface area contributed by atoms with Gasteiger partial charge in [-0.3, -0.25) is 0 Å². The average Bonchev–Trinajstić information content (AvgIpc) is 2.82. The smallest absolute Gasteiger partial charge is 0.333 e. The number of nitrogens with zero attached hydrogens (tertiary/aromatic N) is 1. The van der Waals surface area contributed by atoms with Gasteiger partial charge in [0.15, 0.2) is 0 Å². The van der Waals surface area contributed by atoms with Crippen LogP contribution in [0.1, 0.15) is 40.5 Å². The largest absolute Gasteiger partial charge is 0.492 e. The highest BCUT2D eigenvalue weighted by atomic mass is 16.7. The Kier molecular flexibility index (Phi) is 6.45. The van der Waals surface area contributed by atoms with E-state index < -0.39 is 17.2 Å². The fourth-order valence-corrected chi connectivity index (χ4v) is 1.71. The molecule has 0 amide bonds. The molecule has 0 fully saturated rings. The van der Waals surface area contributed by atoms with E-state index in [1.54, 1.807) is 7.11 Å². The first kappa shape index (κ1) is 20.1. The van der Waals surface area contributed by atoms with E-state index >= 15 is 0 Å². The molecule has 0 aliphatic heterocycles. The molecule has 0 saturated heterocycles. The van der Waals surface area contributed by atoms with Crippen LogP contribution in [-0.4, -0.2) is 45.8 Å². The maximum Gasteiger partial charge on any atom is 0.333 e. The van der Waals surface area contributed by atoms with Gasteiger partial charge >= 0.3 is 5.97 Å². The van der Waals surface area contributed by atoms with E-state index in [4.69, 9.17) is 14.3 Å². The molecule has 0 unspecified atom stereocenters. The summed E-state index contributed by atoms with van der Waals surface area (Å²) in [6, 6.07) is 2.44. The summed E-state index contributed by atoms with van der Waals surface area (Å²) >= 11 is 0. The van der Waals surface area contributed by atoms with Crippen LogP contribution in [0.25, 0.3) is 0 Å². The third-order valence-electron chi connectivity index (χ3n) is 3.81. The van der Waals surface area contributed by atoms with Crippen molar-refractivity contribution in [1.29, 1.82) is 0 Å². The van der Waals surface area contributed by atoms with Crippen LogP contribution in [0, 0.1) is 0 Å². The first-order valence-electron chi connectivity index (χ1n) is 7.67. The van der Waals surface area contributed by atoms with Gasteiger partial charge in [-0.2, -0.15) is 0 Å². The highest BCUT2D eigenvalue weighted by Crippen LogP contribution is 2.26. The van der Waals surface area contributed by atoms with Gasteiger partial charge in [-0.15, -0.1) is 4.73 Å². The molecule has 24 heavy (non-hydrogen) atoms. The third kappa shape index (κ3) is 5.58. The summed E-state index contributed by atoms with van der Waals surface area (Å²) in [7, 11) is 1.62. The molecule has 1 aromatic rings. The van der Waals surface area contributed by atoms with Crippen molar-refractivity contribution < 1.29 is 29.3 Å². The van der Waals surface area contributed by atoms with Crippen molar-refractivity contribution in [1.82, 2.24) is 4.73 Å². The van der Waals surface area contributed by atoms with Gasteiger partial charge in [0.2, 0.25) is 11.8 Å². The standard InChI is InChI=1S/C17H27NO6/c1-12(17(4,5)23-11-16(2,3)22-6)7-10-15(21)24-18-13(19)8-9-14(18)20/h8-9,19-20H,1,7,10-11H2,2-6H3. The minimum absolute atomic E-state index is 0.0380. The summed E-state index contributed by atoms with van der Waals surface area (Å²) in [5, 5.41) is 18.9. The highest BCUT2D eigenvalue weighted by Gasteiger charge is 2.27. The van der Waals surface area contributed by atoms with Crippen molar-refractivity contribution >= 4 is 5.97 Å². The summed E-state index contributed by atoms with van der Waals surface area (Å²) in [6.45, 7) is 11.9. The second kappa shape index (κ2) is 7.72. The zero-order chi connectivity index (χ0) is 18.5. The molecule has 7 nitrogen and oxygen atoms in total. The molecule has 0 spiro atoms. The minimum atomic E-state index is -0.631. The third-order valence-corrected chi connectivity index (χ3v) is 3.81. The Morgan fingerprint density at radius 1 is 1.17 bits per heavy atom. The molecule has 0 aliphatic carbocycles. The van der Waals surface area contributed by atoms with Gasteiger partial charge in [0.05, 0.1) is 24.2 Å². The summed E-state index contributed by atoms with van der Waals surface area (Å²) in [5.41, 5.74) is -0.319. The van der Waals surface area contributed by atoms with E-state index in [1.165, 1.54) is 12.1 Å². The van der Waals surface area contributed by atoms with E-state index in [-0.39, 0.29) is 18.2 Å². The van der Waals surface area contributed by atoms with Gasteiger partial charge in [-0.05, 0) is 39.7 Å². The summed E-state index contributed by atoms with van der Waals surface area (Å²) < 4.78 is 11.8. The fourth-order valence-electron chi connectivity index (χ4n) is 1.71. The maximum atomic E-state index is 11.8. The lowest BCUT2D eigenvalue weighted by molar-refractivity contribution is -0.145. The maximum absolute atomic E-state index is 11.8. The SMILES string of the molecule is C=C(CCC(=O)On1c(O)ccc1O)C(C)(C)OCC(C)(C)OC. The van der Waals surface area contributed by atoms with Crippen molar-refractivity contribution in [3.63, 3.8) is 0 Å². The molecule has 1 heterocycles. The van der Waals surface area contributed by atoms with Gasteiger partial charge < -0.3 is 24.5 Å². The van der Waals surface area contributed by atoms with Crippen LogP contribution < -0.4 is 4.84 Å². The Bertz CT molecular complexity index is 568. The van der Waals surface area contributed by atoms with Crippen molar-refractivity contribution in [2.45, 2.75) is 51.7 Å². The molecule has 0 radical (unpaired) electrons. The molecule has 0 bridgehead atoms. The minimum Gasteiger partial charge on any atom is -0.492 e. The van der Waals surface area contributed by atoms with Crippen molar-refractivity contribution in [3.05, 3.63) is 24.3 Å². The summed E-state index contributed by atoms with van der Waals surface area (Å²) in [5.74, 6) is -1.32. The number of aromatic hydroxyl groups is 2. The van der Waals surface area contributed by atoms with E-state index in [0.717, 1.165) is 5.57 Å². The van der Waals surface area contributed by atoms with Crippen LogP contribution in [-0.2, 0) is 14.3 Å². The Morgan fingerprint density at radius 3 is 2.21 bits per heavy atom. The van der Waals surface area contributed by atoms with Crippen LogP contribution in [0.15, 0.2) is 24.3 Å². The predicted octanol–water partition coefficient (Wildman–Crippen LogP) is 2.41. The fraction of sp³-hybridized carbons (Fsp3) is 0.588. The molecular formula is C17H27NO6. The van der Waals surface area contributed by atoms with Crippen LogP contribution in [0.4, 0.5) is 0 Å². The van der Waals surface area contributed by atoms with Gasteiger partial charge in [0, 0.05) is 19.2 Å². The molecule has 0 saturated carbocycles. The predicted molar refractivity (Wildman–Crippen MR) is 88.8 cm³/mol. The molecule has 0 aromatic carbocycles. The van der Waals surface area contributed by atoms with Crippen molar-refractivity contribution in [2.24, 2.45) is 0 Å². The monoisotopic (exact) mass is 341 g/mol. The van der Waals surface area contributed by atoms with Gasteiger partial charge in [0.1, 0.15) is 0 Å². The molecule has 2 N–H and O–H groups in total. The second-order valence-corrected chi connectivity index (χ2v) is 6.67. The summed E-state index contributed by atoms with van der Waals surface area (Å²) in [4.78, 5) is 16.7. The lowest BCUT2D eigenvalue weighted by Gasteiger charge is -2.32. The van der Waals surface area contributed by atoms with Gasteiger partial charge in [-0.1, -0.05) is 6.58 Å². The number of aromatic nitrogens is 1. The lowest BCUT2D eigenvalue weighted by Crippen LogP contribution is -2.37. The number of ether oxygens (including phenoxy) is 2. The highest BCUT2D eigenvalue weighted by molar-refractivity contribution is 5.70. The molecule has 0 aliphatic rings. The summed E-state index contributed by atoms with van der Waals surface area (Å²) in [6.07, 6.45) is 0.387. The number of carbonyl (C=O) groups excluding carboxylic acids is 1. The molecule has 7 heteroatoms. The van der Waals surface area contributed by atoms with Crippen LogP contribution in [0.2, 0.25) is 0 Å². The zero-order valence-electron chi connectivity index (χ0n) is 15.0.